The minimum absolute atomic E-state index is 0.470. The van der Waals surface area contributed by atoms with E-state index in [0.717, 1.165) is 0 Å². The van der Waals surface area contributed by atoms with Gasteiger partial charge in [0.2, 0.25) is 5.95 Å². The van der Waals surface area contributed by atoms with Gasteiger partial charge in [0, 0.05) is 0 Å². The zero-order valence-electron chi connectivity index (χ0n) is 3.52. The van der Waals surface area contributed by atoms with Crippen LogP contribution < -0.4 is 5.48 Å². The van der Waals surface area contributed by atoms with Gasteiger partial charge >= 0.3 is 0 Å². The van der Waals surface area contributed by atoms with Gasteiger partial charge in [-0.25, -0.2) is 0 Å². The first-order valence-electron chi connectivity index (χ1n) is 1.83. The number of rotatable bonds is 0. The third-order valence-corrected chi connectivity index (χ3v) is 0.546. The van der Waals surface area contributed by atoms with Crippen molar-refractivity contribution in [2.75, 3.05) is 0 Å². The lowest BCUT2D eigenvalue weighted by Crippen LogP contribution is -2.08. The highest BCUT2D eigenvalue weighted by molar-refractivity contribution is 5.05. The largest absolute Gasteiger partial charge is 0.388 e. The summed E-state index contributed by atoms with van der Waals surface area (Å²) >= 11 is 0. The van der Waals surface area contributed by atoms with Gasteiger partial charge in [-0.3, -0.25) is 0 Å². The Morgan fingerprint density at radius 2 is 2.57 bits per heavy atom. The van der Waals surface area contributed by atoms with E-state index in [4.69, 9.17) is 0 Å². The Balaban J connectivity index is 2.57. The number of nitrogens with one attached hydrogen (secondary N) is 1. The summed E-state index contributed by atoms with van der Waals surface area (Å²) in [4.78, 5) is 4.31. The predicted molar refractivity (Wildman–Crippen MR) is 22.6 cm³/mol. The van der Waals surface area contributed by atoms with Crippen LogP contribution in [0.15, 0.2) is 24.4 Å². The molecule has 0 saturated carbocycles. The molecule has 0 saturated heterocycles. The minimum Gasteiger partial charge on any atom is -0.388 e. The molecule has 0 aliphatic carbocycles. The van der Waals surface area contributed by atoms with E-state index >= 15 is 0 Å². The van der Waals surface area contributed by atoms with Crippen molar-refractivity contribution >= 4 is 0 Å². The van der Waals surface area contributed by atoms with Gasteiger partial charge in [0.15, 0.2) is 0 Å². The van der Waals surface area contributed by atoms with Gasteiger partial charge in [-0.15, -0.1) is 0 Å². The van der Waals surface area contributed by atoms with Crippen molar-refractivity contribution in [1.29, 1.82) is 0 Å². The Hall–Kier alpha value is -0.990. The van der Waals surface area contributed by atoms with Crippen LogP contribution in [0.1, 0.15) is 0 Å². The summed E-state index contributed by atoms with van der Waals surface area (Å²) in [7, 11) is 0. The van der Waals surface area contributed by atoms with Gasteiger partial charge < -0.3 is 4.84 Å². The molecule has 0 amide bonds. The molecule has 1 aliphatic heterocycles. The molecular weight excluding hydrogens is 97.0 g/mol. The lowest BCUT2D eigenvalue weighted by molar-refractivity contribution is 0.134. The van der Waals surface area contributed by atoms with Crippen molar-refractivity contribution in [2.45, 2.75) is 0 Å². The third-order valence-electron chi connectivity index (χ3n) is 0.546. The molecule has 38 valence electrons. The molecule has 0 radical (unpaired) electrons. The molecule has 0 atom stereocenters. The Morgan fingerprint density at radius 3 is 2.86 bits per heavy atom. The lowest BCUT2D eigenvalue weighted by atomic mass is 10.6. The van der Waals surface area contributed by atoms with Crippen LogP contribution >= 0.6 is 0 Å². The van der Waals surface area contributed by atoms with Crippen molar-refractivity contribution in [3.63, 3.8) is 0 Å². The Bertz CT molecular complexity index is 119. The molecule has 1 N–H and O–H groups in total. The standard InChI is InChI=1S/C4H4FNO/c5-4-2-1-3-7-6-4/h1-3,6H. The Labute approximate surface area is 40.2 Å². The summed E-state index contributed by atoms with van der Waals surface area (Å²) in [6, 6.07) is 0. The first-order chi connectivity index (χ1) is 3.39. The lowest BCUT2D eigenvalue weighted by Gasteiger charge is -2.01. The van der Waals surface area contributed by atoms with Gasteiger partial charge in [-0.1, -0.05) is 0 Å². The molecule has 3 heteroatoms. The van der Waals surface area contributed by atoms with Crippen LogP contribution in [-0.4, -0.2) is 0 Å². The van der Waals surface area contributed by atoms with Gasteiger partial charge in [0.25, 0.3) is 0 Å². The fourth-order valence-corrected chi connectivity index (χ4v) is 0.287. The van der Waals surface area contributed by atoms with E-state index in [1.807, 2.05) is 5.48 Å². The van der Waals surface area contributed by atoms with Crippen LogP contribution in [0.2, 0.25) is 0 Å². The summed E-state index contributed by atoms with van der Waals surface area (Å²) in [6.07, 6.45) is 4.08. The molecule has 7 heavy (non-hydrogen) atoms. The van der Waals surface area contributed by atoms with E-state index in [1.54, 1.807) is 0 Å². The summed E-state index contributed by atoms with van der Waals surface area (Å²) in [5.41, 5.74) is 1.99. The van der Waals surface area contributed by atoms with Crippen molar-refractivity contribution in [3.8, 4) is 0 Å². The van der Waals surface area contributed by atoms with Crippen LogP contribution in [-0.2, 0) is 4.84 Å². The number of hydroxylamine groups is 1. The van der Waals surface area contributed by atoms with Crippen molar-refractivity contribution in [1.82, 2.24) is 5.48 Å². The van der Waals surface area contributed by atoms with Crippen molar-refractivity contribution in [3.05, 3.63) is 24.4 Å². The molecule has 0 spiro atoms. The second-order valence-electron chi connectivity index (χ2n) is 1.06. The van der Waals surface area contributed by atoms with Gasteiger partial charge in [0.05, 0.1) is 0 Å². The van der Waals surface area contributed by atoms with E-state index < -0.39 is 5.95 Å². The molecule has 1 aliphatic rings. The second kappa shape index (κ2) is 1.64. The minimum atomic E-state index is -0.470. The maximum atomic E-state index is 11.8. The average Bonchev–Trinajstić information content (AvgIpc) is 1.69. The smallest absolute Gasteiger partial charge is 0.219 e. The second-order valence-corrected chi connectivity index (χ2v) is 1.06. The summed E-state index contributed by atoms with van der Waals surface area (Å²) in [5, 5.41) is 0. The average molecular weight is 101 g/mol. The summed E-state index contributed by atoms with van der Waals surface area (Å²) in [6.45, 7) is 0. The van der Waals surface area contributed by atoms with E-state index in [2.05, 4.69) is 4.84 Å². The highest BCUT2D eigenvalue weighted by Gasteiger charge is 1.90. The quantitative estimate of drug-likeness (QED) is 0.456. The van der Waals surface area contributed by atoms with E-state index in [1.165, 1.54) is 18.4 Å². The molecule has 1 rings (SSSR count). The molecule has 0 aromatic heterocycles. The molecule has 0 bridgehead atoms. The SMILES string of the molecule is FC1=CC=CON1. The third kappa shape index (κ3) is 0.924. The van der Waals surface area contributed by atoms with E-state index in [0.29, 0.717) is 0 Å². The van der Waals surface area contributed by atoms with Crippen molar-refractivity contribution in [2.24, 2.45) is 0 Å². The molecule has 0 aromatic rings. The topological polar surface area (TPSA) is 21.3 Å². The van der Waals surface area contributed by atoms with Crippen LogP contribution in [0.5, 0.6) is 0 Å². The molecule has 0 unspecified atom stereocenters. The van der Waals surface area contributed by atoms with E-state index in [9.17, 15) is 4.39 Å². The van der Waals surface area contributed by atoms with Gasteiger partial charge in [-0.05, 0) is 12.2 Å². The number of allylic oxidation sites excluding steroid dienone is 2. The first-order valence-corrected chi connectivity index (χ1v) is 1.83. The molecule has 2 nitrogen and oxygen atoms in total. The predicted octanol–water partition coefficient (Wildman–Crippen LogP) is 0.846. The van der Waals surface area contributed by atoms with E-state index in [-0.39, 0.29) is 0 Å². The number of halogens is 1. The zero-order valence-corrected chi connectivity index (χ0v) is 3.52. The summed E-state index contributed by atoms with van der Waals surface area (Å²) in [5.74, 6) is -0.470. The van der Waals surface area contributed by atoms with Crippen molar-refractivity contribution < 1.29 is 9.23 Å². The number of hydrogen-bond donors (Lipinski definition) is 1. The summed E-state index contributed by atoms with van der Waals surface area (Å²) < 4.78 is 11.8. The first kappa shape index (κ1) is 4.18. The monoisotopic (exact) mass is 101 g/mol. The molecule has 0 fully saturated rings. The number of hydrogen-bond acceptors (Lipinski definition) is 2. The van der Waals surface area contributed by atoms with Crippen LogP contribution in [0.25, 0.3) is 0 Å². The fraction of sp³-hybridized carbons (Fsp3) is 0. The molecular formula is C4H4FNO. The maximum absolute atomic E-state index is 11.8. The Kier molecular flexibility index (Phi) is 0.978. The normalized spacial score (nSPS) is 17.0. The zero-order chi connectivity index (χ0) is 5.11. The van der Waals surface area contributed by atoms with Gasteiger partial charge in [-0.2, -0.15) is 9.87 Å². The molecule has 0 aromatic carbocycles. The molecule has 1 heterocycles. The van der Waals surface area contributed by atoms with Crippen LogP contribution in [0.4, 0.5) is 4.39 Å². The van der Waals surface area contributed by atoms with Crippen LogP contribution in [0, 0.1) is 0 Å². The maximum Gasteiger partial charge on any atom is 0.219 e. The highest BCUT2D eigenvalue weighted by Crippen LogP contribution is 1.95. The Morgan fingerprint density at radius 1 is 1.71 bits per heavy atom. The highest BCUT2D eigenvalue weighted by atomic mass is 19.1. The van der Waals surface area contributed by atoms with Crippen LogP contribution in [0.3, 0.4) is 0 Å². The fourth-order valence-electron chi connectivity index (χ4n) is 0.287. The van der Waals surface area contributed by atoms with Gasteiger partial charge in [0.1, 0.15) is 6.26 Å².